The van der Waals surface area contributed by atoms with Gasteiger partial charge in [0.15, 0.2) is 0 Å². The highest BCUT2D eigenvalue weighted by Crippen LogP contribution is 2.44. The van der Waals surface area contributed by atoms with Gasteiger partial charge in [0.2, 0.25) is 0 Å². The summed E-state index contributed by atoms with van der Waals surface area (Å²) >= 11 is 5.83. The van der Waals surface area contributed by atoms with Gasteiger partial charge in [0.1, 0.15) is 5.82 Å². The molecule has 2 unspecified atom stereocenters. The number of rotatable bonds is 0. The molecule has 1 aromatic rings. The Kier molecular flexibility index (Phi) is 2.47. The highest BCUT2D eigenvalue weighted by atomic mass is 35.5. The maximum atomic E-state index is 13.4. The van der Waals surface area contributed by atoms with Crippen LogP contribution in [0.5, 0.6) is 0 Å². The van der Waals surface area contributed by atoms with Crippen LogP contribution in [-0.2, 0) is 0 Å². The molecule has 17 heavy (non-hydrogen) atoms. The van der Waals surface area contributed by atoms with Crippen LogP contribution in [0.15, 0.2) is 12.1 Å². The van der Waals surface area contributed by atoms with Crippen molar-refractivity contribution in [2.75, 3.05) is 17.2 Å². The van der Waals surface area contributed by atoms with Gasteiger partial charge in [-0.15, -0.1) is 0 Å². The number of fused-ring (bicyclic) bond motifs is 2. The quantitative estimate of drug-likeness (QED) is 0.734. The highest BCUT2D eigenvalue weighted by molar-refractivity contribution is 6.31. The minimum Gasteiger partial charge on any atom is -0.383 e. The van der Waals surface area contributed by atoms with E-state index in [9.17, 15) is 4.39 Å². The van der Waals surface area contributed by atoms with E-state index in [1.807, 2.05) is 0 Å². The first kappa shape index (κ1) is 11.1. The molecule has 0 saturated heterocycles. The van der Waals surface area contributed by atoms with Crippen molar-refractivity contribution in [3.63, 3.8) is 0 Å². The summed E-state index contributed by atoms with van der Waals surface area (Å²) in [5.41, 5.74) is 2.00. The maximum absolute atomic E-state index is 13.4. The molecule has 1 aliphatic heterocycles. The number of benzene rings is 1. The molecule has 2 atom stereocenters. The average molecular weight is 255 g/mol. The van der Waals surface area contributed by atoms with Crippen LogP contribution < -0.4 is 10.6 Å². The van der Waals surface area contributed by atoms with Crippen molar-refractivity contribution >= 4 is 23.0 Å². The smallest absolute Gasteiger partial charge is 0.143 e. The molecule has 2 nitrogen and oxygen atoms in total. The van der Waals surface area contributed by atoms with Crippen molar-refractivity contribution in [3.05, 3.63) is 23.0 Å². The Morgan fingerprint density at radius 3 is 3.06 bits per heavy atom. The lowest BCUT2D eigenvalue weighted by molar-refractivity contribution is 0.335. The fourth-order valence-corrected chi connectivity index (χ4v) is 3.15. The van der Waals surface area contributed by atoms with Gasteiger partial charge in [-0.25, -0.2) is 4.39 Å². The Labute approximate surface area is 106 Å². The van der Waals surface area contributed by atoms with Crippen LogP contribution in [0.1, 0.15) is 26.2 Å². The second-order valence-corrected chi connectivity index (χ2v) is 5.82. The summed E-state index contributed by atoms with van der Waals surface area (Å²) in [4.78, 5) is 0. The van der Waals surface area contributed by atoms with E-state index in [0.717, 1.165) is 17.9 Å². The lowest BCUT2D eigenvalue weighted by atomic mass is 9.85. The Morgan fingerprint density at radius 1 is 1.41 bits per heavy atom. The molecule has 1 aliphatic carbocycles. The third-order valence-corrected chi connectivity index (χ3v) is 4.44. The number of anilines is 2. The van der Waals surface area contributed by atoms with Gasteiger partial charge in [-0.3, -0.25) is 0 Å². The fourth-order valence-electron chi connectivity index (χ4n) is 2.99. The van der Waals surface area contributed by atoms with E-state index in [1.165, 1.54) is 25.3 Å². The van der Waals surface area contributed by atoms with Crippen LogP contribution in [0.4, 0.5) is 15.8 Å². The van der Waals surface area contributed by atoms with E-state index in [4.69, 9.17) is 11.6 Å². The van der Waals surface area contributed by atoms with Crippen LogP contribution >= 0.6 is 11.6 Å². The predicted molar refractivity (Wildman–Crippen MR) is 69.3 cm³/mol. The summed E-state index contributed by atoms with van der Waals surface area (Å²) in [6.07, 6.45) is 3.63. The molecule has 4 heteroatoms. The second-order valence-electron chi connectivity index (χ2n) is 5.41. The van der Waals surface area contributed by atoms with Gasteiger partial charge in [0.05, 0.1) is 16.4 Å². The van der Waals surface area contributed by atoms with Crippen LogP contribution in [0.3, 0.4) is 0 Å². The number of halogens is 2. The van der Waals surface area contributed by atoms with E-state index < -0.39 is 0 Å². The van der Waals surface area contributed by atoms with Crippen LogP contribution in [0, 0.1) is 11.2 Å². The van der Waals surface area contributed by atoms with Gasteiger partial charge in [0.25, 0.3) is 0 Å². The van der Waals surface area contributed by atoms with Crippen LogP contribution in [0.25, 0.3) is 0 Å². The van der Waals surface area contributed by atoms with E-state index in [0.29, 0.717) is 6.04 Å². The van der Waals surface area contributed by atoms with E-state index in [2.05, 4.69) is 17.6 Å². The van der Waals surface area contributed by atoms with Crippen molar-refractivity contribution in [3.8, 4) is 0 Å². The zero-order valence-electron chi connectivity index (χ0n) is 9.82. The van der Waals surface area contributed by atoms with E-state index in [1.54, 1.807) is 6.07 Å². The third kappa shape index (κ3) is 1.77. The monoisotopic (exact) mass is 254 g/mol. The predicted octanol–water partition coefficient (Wildman–Crippen LogP) is 3.88. The molecule has 0 aromatic heterocycles. The number of hydrogen-bond acceptors (Lipinski definition) is 2. The molecule has 1 fully saturated rings. The fraction of sp³-hybridized carbons (Fsp3) is 0.538. The molecule has 1 heterocycles. The van der Waals surface area contributed by atoms with Gasteiger partial charge >= 0.3 is 0 Å². The van der Waals surface area contributed by atoms with Crippen molar-refractivity contribution < 1.29 is 4.39 Å². The summed E-state index contributed by atoms with van der Waals surface area (Å²) < 4.78 is 13.4. The molecule has 1 saturated carbocycles. The summed E-state index contributed by atoms with van der Waals surface area (Å²) in [6, 6.07) is 3.62. The van der Waals surface area contributed by atoms with Gasteiger partial charge < -0.3 is 10.6 Å². The summed E-state index contributed by atoms with van der Waals surface area (Å²) in [5, 5.41) is 7.04. The van der Waals surface area contributed by atoms with Crippen molar-refractivity contribution in [1.29, 1.82) is 0 Å². The zero-order chi connectivity index (χ0) is 12.0. The Hall–Kier alpha value is -0.960. The van der Waals surface area contributed by atoms with E-state index >= 15 is 0 Å². The molecule has 0 bridgehead atoms. The lowest BCUT2D eigenvalue weighted by Crippen LogP contribution is -2.36. The van der Waals surface area contributed by atoms with Crippen molar-refractivity contribution in [2.45, 2.75) is 32.2 Å². The van der Waals surface area contributed by atoms with Crippen molar-refractivity contribution in [1.82, 2.24) is 0 Å². The number of nitrogens with one attached hydrogen (secondary N) is 2. The highest BCUT2D eigenvalue weighted by Gasteiger charge is 2.40. The molecule has 0 amide bonds. The third-order valence-electron chi connectivity index (χ3n) is 4.15. The van der Waals surface area contributed by atoms with Crippen molar-refractivity contribution in [2.24, 2.45) is 5.41 Å². The minimum absolute atomic E-state index is 0.180. The molecule has 2 aliphatic rings. The second kappa shape index (κ2) is 3.77. The average Bonchev–Trinajstić information content (AvgIpc) is 2.58. The van der Waals surface area contributed by atoms with Crippen LogP contribution in [-0.4, -0.2) is 12.6 Å². The van der Waals surface area contributed by atoms with E-state index in [-0.39, 0.29) is 16.3 Å². The van der Waals surface area contributed by atoms with Gasteiger partial charge in [-0.05, 0) is 18.9 Å². The molecule has 92 valence electrons. The summed E-state index contributed by atoms with van der Waals surface area (Å²) in [5.74, 6) is -0.364. The molecule has 0 radical (unpaired) electrons. The zero-order valence-corrected chi connectivity index (χ0v) is 10.6. The Balaban J connectivity index is 2.00. The standard InChI is InChI=1S/C13H16ClFN2/c1-13-4-2-3-12(13)17-11-5-8(14)9(15)6-10(11)16-7-13/h5-6,12,16-17H,2-4,7H2,1H3. The van der Waals surface area contributed by atoms with Gasteiger partial charge in [-0.1, -0.05) is 24.9 Å². The molecule has 3 rings (SSSR count). The van der Waals surface area contributed by atoms with Gasteiger partial charge in [0, 0.05) is 24.1 Å². The maximum Gasteiger partial charge on any atom is 0.143 e. The first-order valence-corrected chi connectivity index (χ1v) is 6.46. The first-order chi connectivity index (χ1) is 8.08. The van der Waals surface area contributed by atoms with Crippen LogP contribution in [0.2, 0.25) is 5.02 Å². The molecular weight excluding hydrogens is 239 g/mol. The first-order valence-electron chi connectivity index (χ1n) is 6.08. The topological polar surface area (TPSA) is 24.1 Å². The SMILES string of the molecule is CC12CCCC1Nc1cc(Cl)c(F)cc1NC2. The minimum atomic E-state index is -0.364. The van der Waals surface area contributed by atoms with Gasteiger partial charge in [-0.2, -0.15) is 0 Å². The lowest BCUT2D eigenvalue weighted by Gasteiger charge is -2.29. The normalized spacial score (nSPS) is 30.9. The summed E-state index contributed by atoms with van der Waals surface area (Å²) in [6.45, 7) is 3.17. The molecule has 2 N–H and O–H groups in total. The number of hydrogen-bond donors (Lipinski definition) is 2. The Bertz CT molecular complexity index is 463. The Morgan fingerprint density at radius 2 is 2.24 bits per heavy atom. The molecular formula is C13H16ClFN2. The largest absolute Gasteiger partial charge is 0.383 e. The summed E-state index contributed by atoms with van der Waals surface area (Å²) in [7, 11) is 0. The molecule has 0 spiro atoms. The molecule has 1 aromatic carbocycles.